The third-order valence-electron chi connectivity index (χ3n) is 3.13. The molecule has 1 rings (SSSR count). The molecule has 0 aromatic heterocycles. The molecule has 0 unspecified atom stereocenters. The molecule has 4 nitrogen and oxygen atoms in total. The summed E-state index contributed by atoms with van der Waals surface area (Å²) in [6.07, 6.45) is 1.06. The second-order valence-corrected chi connectivity index (χ2v) is 5.37. The van der Waals surface area contributed by atoms with Crippen molar-refractivity contribution in [1.29, 1.82) is 0 Å². The van der Waals surface area contributed by atoms with E-state index in [2.05, 4.69) is 25.7 Å². The van der Waals surface area contributed by atoms with Gasteiger partial charge in [0.2, 0.25) is 5.91 Å². The summed E-state index contributed by atoms with van der Waals surface area (Å²) >= 11 is 0. The number of aliphatic hydroxyl groups excluding tert-OH is 1. The number of aliphatic hydroxyl groups is 1. The molecular formula is C12H24N2O2. The molecule has 1 saturated heterocycles. The molecule has 4 heteroatoms. The van der Waals surface area contributed by atoms with E-state index in [1.807, 2.05) is 4.90 Å². The third kappa shape index (κ3) is 3.76. The van der Waals surface area contributed by atoms with Crippen molar-refractivity contribution < 1.29 is 9.90 Å². The van der Waals surface area contributed by atoms with Crippen LogP contribution in [0.4, 0.5) is 0 Å². The van der Waals surface area contributed by atoms with Gasteiger partial charge in [0.25, 0.3) is 0 Å². The molecule has 0 spiro atoms. The van der Waals surface area contributed by atoms with Crippen LogP contribution in [0.2, 0.25) is 0 Å². The molecule has 1 amide bonds. The van der Waals surface area contributed by atoms with Crippen LogP contribution >= 0.6 is 0 Å². The molecule has 94 valence electrons. The van der Waals surface area contributed by atoms with E-state index in [-0.39, 0.29) is 18.1 Å². The monoisotopic (exact) mass is 228 g/mol. The Bertz CT molecular complexity index is 228. The Balaban J connectivity index is 2.34. The van der Waals surface area contributed by atoms with E-state index < -0.39 is 0 Å². The minimum Gasteiger partial charge on any atom is -0.396 e. The molecule has 1 aliphatic heterocycles. The number of hydrogen-bond acceptors (Lipinski definition) is 3. The minimum atomic E-state index is 0.105. The van der Waals surface area contributed by atoms with E-state index in [0.717, 1.165) is 26.2 Å². The quantitative estimate of drug-likeness (QED) is 0.773. The molecule has 0 atom stereocenters. The van der Waals surface area contributed by atoms with Crippen molar-refractivity contribution in [3.63, 3.8) is 0 Å². The number of carbonyl (C=O) groups is 1. The molecule has 0 saturated carbocycles. The number of rotatable bonds is 3. The van der Waals surface area contributed by atoms with Crippen LogP contribution in [0.15, 0.2) is 0 Å². The van der Waals surface area contributed by atoms with Crippen LogP contribution in [0.1, 0.15) is 33.6 Å². The second kappa shape index (κ2) is 5.64. The predicted octanol–water partition coefficient (Wildman–Crippen LogP) is 0.702. The Morgan fingerprint density at radius 3 is 2.19 bits per heavy atom. The van der Waals surface area contributed by atoms with Gasteiger partial charge in [-0.3, -0.25) is 9.69 Å². The van der Waals surface area contributed by atoms with Crippen molar-refractivity contribution in [3.8, 4) is 0 Å². The Morgan fingerprint density at radius 2 is 1.75 bits per heavy atom. The number of amides is 1. The lowest BCUT2D eigenvalue weighted by Gasteiger charge is -2.42. The average molecular weight is 228 g/mol. The van der Waals surface area contributed by atoms with Crippen molar-refractivity contribution in [3.05, 3.63) is 0 Å². The van der Waals surface area contributed by atoms with Gasteiger partial charge in [-0.1, -0.05) is 0 Å². The van der Waals surface area contributed by atoms with Gasteiger partial charge in [0, 0.05) is 44.7 Å². The Labute approximate surface area is 98.2 Å². The molecular weight excluding hydrogens is 204 g/mol. The summed E-state index contributed by atoms with van der Waals surface area (Å²) in [6.45, 7) is 10.3. The molecule has 0 aromatic carbocycles. The summed E-state index contributed by atoms with van der Waals surface area (Å²) in [5, 5.41) is 8.68. The zero-order chi connectivity index (χ0) is 12.2. The fourth-order valence-electron chi connectivity index (χ4n) is 2.02. The van der Waals surface area contributed by atoms with Gasteiger partial charge in [0.05, 0.1) is 0 Å². The van der Waals surface area contributed by atoms with E-state index in [9.17, 15) is 4.79 Å². The molecule has 16 heavy (non-hydrogen) atoms. The smallest absolute Gasteiger partial charge is 0.222 e. The van der Waals surface area contributed by atoms with E-state index in [1.165, 1.54) is 0 Å². The highest BCUT2D eigenvalue weighted by atomic mass is 16.3. The Kier molecular flexibility index (Phi) is 4.74. The van der Waals surface area contributed by atoms with Crippen molar-refractivity contribution in [2.24, 2.45) is 0 Å². The Hall–Kier alpha value is -0.610. The zero-order valence-electron chi connectivity index (χ0n) is 10.7. The Morgan fingerprint density at radius 1 is 1.19 bits per heavy atom. The number of piperazine rings is 1. The molecule has 1 fully saturated rings. The fourth-order valence-corrected chi connectivity index (χ4v) is 2.02. The third-order valence-corrected chi connectivity index (χ3v) is 3.13. The lowest BCUT2D eigenvalue weighted by atomic mass is 10.0. The largest absolute Gasteiger partial charge is 0.396 e. The summed E-state index contributed by atoms with van der Waals surface area (Å²) < 4.78 is 0. The molecule has 1 N–H and O–H groups in total. The van der Waals surface area contributed by atoms with Gasteiger partial charge < -0.3 is 10.0 Å². The molecule has 0 aliphatic carbocycles. The van der Waals surface area contributed by atoms with Crippen molar-refractivity contribution in [1.82, 2.24) is 9.80 Å². The summed E-state index contributed by atoms with van der Waals surface area (Å²) in [4.78, 5) is 16.0. The summed E-state index contributed by atoms with van der Waals surface area (Å²) in [5.74, 6) is 0.183. The maximum Gasteiger partial charge on any atom is 0.222 e. The SMILES string of the molecule is CC(C)(C)N1CCN(C(=O)CCCO)CC1. The van der Waals surface area contributed by atoms with Crippen molar-refractivity contribution in [2.75, 3.05) is 32.8 Å². The van der Waals surface area contributed by atoms with Gasteiger partial charge in [0.1, 0.15) is 0 Å². The molecule has 1 heterocycles. The van der Waals surface area contributed by atoms with Gasteiger partial charge >= 0.3 is 0 Å². The fraction of sp³-hybridized carbons (Fsp3) is 0.917. The molecule has 0 radical (unpaired) electrons. The minimum absolute atomic E-state index is 0.105. The summed E-state index contributed by atoms with van der Waals surface area (Å²) in [7, 11) is 0. The van der Waals surface area contributed by atoms with Gasteiger partial charge in [-0.2, -0.15) is 0 Å². The highest BCUT2D eigenvalue weighted by molar-refractivity contribution is 5.76. The number of nitrogens with zero attached hydrogens (tertiary/aromatic N) is 2. The first-order valence-electron chi connectivity index (χ1n) is 6.09. The second-order valence-electron chi connectivity index (χ2n) is 5.37. The molecule has 1 aliphatic rings. The van der Waals surface area contributed by atoms with Gasteiger partial charge in [0.15, 0.2) is 0 Å². The van der Waals surface area contributed by atoms with Crippen LogP contribution in [0.3, 0.4) is 0 Å². The lowest BCUT2D eigenvalue weighted by Crippen LogP contribution is -2.54. The van der Waals surface area contributed by atoms with Gasteiger partial charge in [-0.15, -0.1) is 0 Å². The van der Waals surface area contributed by atoms with Crippen LogP contribution in [0.25, 0.3) is 0 Å². The maximum absolute atomic E-state index is 11.7. The van der Waals surface area contributed by atoms with E-state index in [4.69, 9.17) is 5.11 Å². The number of hydrogen-bond donors (Lipinski definition) is 1. The first-order chi connectivity index (χ1) is 7.45. The van der Waals surface area contributed by atoms with Crippen LogP contribution in [0, 0.1) is 0 Å². The van der Waals surface area contributed by atoms with E-state index in [0.29, 0.717) is 12.8 Å². The highest BCUT2D eigenvalue weighted by Crippen LogP contribution is 2.16. The summed E-state index contributed by atoms with van der Waals surface area (Å²) in [5.41, 5.74) is 0.195. The summed E-state index contributed by atoms with van der Waals surface area (Å²) in [6, 6.07) is 0. The standard InChI is InChI=1S/C12H24N2O2/c1-12(2,3)14-8-6-13(7-9-14)11(16)5-4-10-15/h15H,4-10H2,1-3H3. The maximum atomic E-state index is 11.7. The highest BCUT2D eigenvalue weighted by Gasteiger charge is 2.27. The van der Waals surface area contributed by atoms with Gasteiger partial charge in [-0.25, -0.2) is 0 Å². The lowest BCUT2D eigenvalue weighted by molar-refractivity contribution is -0.134. The topological polar surface area (TPSA) is 43.8 Å². The first kappa shape index (κ1) is 13.5. The van der Waals surface area contributed by atoms with Crippen LogP contribution in [-0.2, 0) is 4.79 Å². The van der Waals surface area contributed by atoms with E-state index in [1.54, 1.807) is 0 Å². The van der Waals surface area contributed by atoms with Crippen molar-refractivity contribution >= 4 is 5.91 Å². The molecule has 0 aromatic rings. The molecule has 0 bridgehead atoms. The van der Waals surface area contributed by atoms with Crippen LogP contribution < -0.4 is 0 Å². The zero-order valence-corrected chi connectivity index (χ0v) is 10.7. The average Bonchev–Trinajstić information content (AvgIpc) is 2.25. The van der Waals surface area contributed by atoms with Crippen LogP contribution in [0.5, 0.6) is 0 Å². The normalized spacial score (nSPS) is 18.9. The van der Waals surface area contributed by atoms with Gasteiger partial charge in [-0.05, 0) is 27.2 Å². The predicted molar refractivity (Wildman–Crippen MR) is 64.2 cm³/mol. The number of carbonyl (C=O) groups excluding carboxylic acids is 1. The van der Waals surface area contributed by atoms with E-state index >= 15 is 0 Å². The van der Waals surface area contributed by atoms with Crippen LogP contribution in [-0.4, -0.2) is 59.1 Å². The first-order valence-corrected chi connectivity index (χ1v) is 6.09. The van der Waals surface area contributed by atoms with Crippen molar-refractivity contribution in [2.45, 2.75) is 39.2 Å².